The van der Waals surface area contributed by atoms with Gasteiger partial charge in [-0.3, -0.25) is 4.79 Å². The first kappa shape index (κ1) is 29.7. The van der Waals surface area contributed by atoms with Crippen LogP contribution in [0.25, 0.3) is 11.1 Å². The van der Waals surface area contributed by atoms with Crippen LogP contribution in [-0.2, 0) is 29.8 Å². The van der Waals surface area contributed by atoms with Gasteiger partial charge >= 0.3 is 14.2 Å². The van der Waals surface area contributed by atoms with Crippen LogP contribution in [0.2, 0.25) is 0 Å². The Balaban J connectivity index is 1.64. The first-order chi connectivity index (χ1) is 18.8. The maximum atomic E-state index is 13.4. The van der Waals surface area contributed by atoms with Crippen molar-refractivity contribution in [3.63, 3.8) is 0 Å². The number of ether oxygens (including phenoxy) is 2. The molecule has 2 aromatic rings. The summed E-state index contributed by atoms with van der Waals surface area (Å²) in [6.45, 7) is 2.82. The molecule has 0 spiro atoms. The summed E-state index contributed by atoms with van der Waals surface area (Å²) in [5.74, 6) is -1.66. The van der Waals surface area contributed by atoms with Crippen molar-refractivity contribution in [1.82, 2.24) is 5.32 Å². The molecular weight excluding hydrogens is 530 g/mol. The summed E-state index contributed by atoms with van der Waals surface area (Å²) < 4.78 is 69.4. The summed E-state index contributed by atoms with van der Waals surface area (Å²) in [7, 11) is -2.27. The first-order valence-electron chi connectivity index (χ1n) is 13.7. The third-order valence-corrected chi connectivity index (χ3v) is 8.31. The Bertz CT molecular complexity index is 1150. The van der Waals surface area contributed by atoms with Crippen LogP contribution >= 0.6 is 8.03 Å². The molecule has 1 aliphatic heterocycles. The van der Waals surface area contributed by atoms with Crippen LogP contribution in [0.3, 0.4) is 0 Å². The van der Waals surface area contributed by atoms with Crippen molar-refractivity contribution in [3.8, 4) is 11.1 Å². The average molecular weight is 567 g/mol. The number of carbonyl (C=O) groups excluding carboxylic acids is 1. The fraction of sp³-hybridized carbons (Fsp3) is 0.552. The molecule has 1 fully saturated rings. The highest BCUT2D eigenvalue weighted by atomic mass is 31.1. The first-order valence-corrected chi connectivity index (χ1v) is 14.9. The summed E-state index contributed by atoms with van der Waals surface area (Å²) in [4.78, 5) is 13.3. The zero-order valence-electron chi connectivity index (χ0n) is 22.2. The Kier molecular flexibility index (Phi) is 10.5. The predicted octanol–water partition coefficient (Wildman–Crippen LogP) is 6.18. The fourth-order valence-electron chi connectivity index (χ4n) is 5.21. The Morgan fingerprint density at radius 1 is 1.10 bits per heavy atom. The molecule has 2 aromatic carbocycles. The molecule has 1 N–H and O–H groups in total. The minimum Gasteiger partial charge on any atom is -0.381 e. The molecule has 0 aromatic heterocycles. The second-order valence-electron chi connectivity index (χ2n) is 9.99. The topological polar surface area (TPSA) is 73.9 Å². The van der Waals surface area contributed by atoms with Crippen molar-refractivity contribution in [2.45, 2.75) is 70.1 Å². The van der Waals surface area contributed by atoms with Crippen LogP contribution in [0.1, 0.15) is 68.1 Å². The van der Waals surface area contributed by atoms with Crippen LogP contribution in [-0.4, -0.2) is 51.2 Å². The summed E-state index contributed by atoms with van der Waals surface area (Å²) in [6.07, 6.45) is 1.15. The largest absolute Gasteiger partial charge is 0.549 e. The lowest BCUT2D eigenvalue weighted by Crippen LogP contribution is -2.37. The number of fused-ring (bicyclic) bond motifs is 3. The van der Waals surface area contributed by atoms with Crippen molar-refractivity contribution >= 4 is 19.2 Å². The smallest absolute Gasteiger partial charge is 0.381 e. The lowest BCUT2D eigenvalue weighted by atomic mass is 9.90. The highest BCUT2D eigenvalue weighted by Crippen LogP contribution is 2.47. The Labute approximate surface area is 228 Å². The van der Waals surface area contributed by atoms with E-state index in [1.165, 1.54) is 0 Å². The summed E-state index contributed by atoms with van der Waals surface area (Å²) in [5.41, 5.74) is 3.54. The highest BCUT2D eigenvalue weighted by molar-refractivity contribution is 7.48. The molecule has 1 heterocycles. The molecule has 3 atom stereocenters. The maximum Gasteiger partial charge on any atom is 0.549 e. The van der Waals surface area contributed by atoms with E-state index in [1.54, 1.807) is 24.3 Å². The Hall–Kier alpha value is -2.32. The van der Waals surface area contributed by atoms with E-state index in [0.29, 0.717) is 54.7 Å². The molecule has 6 nitrogen and oxygen atoms in total. The zero-order valence-corrected chi connectivity index (χ0v) is 23.1. The van der Waals surface area contributed by atoms with Crippen molar-refractivity contribution in [2.75, 3.05) is 33.0 Å². The number of unbranched alkanes of at least 4 members (excludes halogenated alkanes) is 2. The van der Waals surface area contributed by atoms with E-state index in [0.717, 1.165) is 43.2 Å². The monoisotopic (exact) mass is 566 g/mol. The van der Waals surface area contributed by atoms with Gasteiger partial charge in [-0.2, -0.15) is 13.2 Å². The maximum absolute atomic E-state index is 13.4. The van der Waals surface area contributed by atoms with Crippen LogP contribution < -0.4 is 10.6 Å². The van der Waals surface area contributed by atoms with E-state index >= 15 is 0 Å². The number of amides is 1. The molecule has 212 valence electrons. The van der Waals surface area contributed by atoms with Crippen molar-refractivity contribution in [3.05, 3.63) is 53.1 Å². The standard InChI is InChI=1S/C29H35F3NO5P/c1-2-3-15-36-16-7-6-12-24-25(39(35)38-18-20-9-8-17-37-20)14-13-23-21-10-4-5-11-22(21)27(26(23)24)28(34)33-19-29(30,31)32/h4-5,10-11,13-14,20,27H,2-3,6-9,12,15-19H2,1H3/p+1. The molecule has 2 aliphatic rings. The minimum atomic E-state index is -4.53. The van der Waals surface area contributed by atoms with Crippen LogP contribution in [0.4, 0.5) is 13.2 Å². The van der Waals surface area contributed by atoms with Gasteiger partial charge < -0.3 is 14.8 Å². The molecule has 1 aliphatic carbocycles. The molecule has 1 saturated heterocycles. The number of benzene rings is 2. The number of hydrogen-bond donors (Lipinski definition) is 1. The number of nitrogens with one attached hydrogen (secondary N) is 1. The quantitative estimate of drug-likeness (QED) is 0.218. The summed E-state index contributed by atoms with van der Waals surface area (Å²) >= 11 is 0. The van der Waals surface area contributed by atoms with Crippen molar-refractivity contribution in [1.29, 1.82) is 0 Å². The van der Waals surface area contributed by atoms with Gasteiger partial charge in [0.15, 0.2) is 0 Å². The van der Waals surface area contributed by atoms with Crippen molar-refractivity contribution < 1.29 is 36.5 Å². The van der Waals surface area contributed by atoms with Gasteiger partial charge in [0, 0.05) is 25.4 Å². The van der Waals surface area contributed by atoms with E-state index in [9.17, 15) is 22.5 Å². The number of carbonyl (C=O) groups is 1. The number of rotatable bonds is 14. The average Bonchev–Trinajstić information content (AvgIpc) is 3.56. The SMILES string of the molecule is CCCCOCCCCc1c([P+](=O)OCC2CCCO2)ccc2c1C(C(=O)NCC(F)(F)F)c1ccccc1-2. The molecule has 39 heavy (non-hydrogen) atoms. The van der Waals surface area contributed by atoms with Gasteiger partial charge in [0.25, 0.3) is 0 Å². The van der Waals surface area contributed by atoms with E-state index in [4.69, 9.17) is 14.0 Å². The van der Waals surface area contributed by atoms with Gasteiger partial charge in [-0.15, -0.1) is 4.52 Å². The zero-order chi connectivity index (χ0) is 27.8. The lowest BCUT2D eigenvalue weighted by molar-refractivity contribution is -0.138. The van der Waals surface area contributed by atoms with Gasteiger partial charge in [0.1, 0.15) is 13.2 Å². The van der Waals surface area contributed by atoms with Crippen LogP contribution in [0.5, 0.6) is 0 Å². The summed E-state index contributed by atoms with van der Waals surface area (Å²) in [6, 6.07) is 10.8. The fourth-order valence-corrected chi connectivity index (χ4v) is 6.30. The van der Waals surface area contributed by atoms with Crippen LogP contribution in [0, 0.1) is 0 Å². The normalized spacial score (nSPS) is 18.6. The van der Waals surface area contributed by atoms with E-state index in [2.05, 4.69) is 12.2 Å². The molecule has 1 amide bonds. The highest BCUT2D eigenvalue weighted by Gasteiger charge is 2.41. The second kappa shape index (κ2) is 13.8. The Morgan fingerprint density at radius 2 is 1.90 bits per heavy atom. The molecule has 4 rings (SSSR count). The minimum absolute atomic E-state index is 0.104. The van der Waals surface area contributed by atoms with Crippen LogP contribution in [0.15, 0.2) is 36.4 Å². The molecule has 0 radical (unpaired) electrons. The third kappa shape index (κ3) is 7.66. The molecule has 0 saturated carbocycles. The van der Waals surface area contributed by atoms with Crippen molar-refractivity contribution in [2.24, 2.45) is 0 Å². The lowest BCUT2D eigenvalue weighted by Gasteiger charge is -2.18. The van der Waals surface area contributed by atoms with E-state index < -0.39 is 32.6 Å². The van der Waals surface area contributed by atoms with E-state index in [-0.39, 0.29) is 12.7 Å². The molecule has 0 bridgehead atoms. The van der Waals surface area contributed by atoms with E-state index in [1.807, 2.05) is 12.1 Å². The van der Waals surface area contributed by atoms with Gasteiger partial charge in [0.05, 0.1) is 12.0 Å². The van der Waals surface area contributed by atoms with Gasteiger partial charge in [-0.25, -0.2) is 0 Å². The molecule has 3 unspecified atom stereocenters. The number of hydrogen-bond acceptors (Lipinski definition) is 5. The van der Waals surface area contributed by atoms with Gasteiger partial charge in [0.2, 0.25) is 11.2 Å². The number of halogens is 3. The molecule has 10 heteroatoms. The van der Waals surface area contributed by atoms with Gasteiger partial charge in [-0.05, 0) is 77.5 Å². The predicted molar refractivity (Wildman–Crippen MR) is 144 cm³/mol. The third-order valence-electron chi connectivity index (χ3n) is 7.11. The Morgan fingerprint density at radius 3 is 2.64 bits per heavy atom. The number of alkyl halides is 3. The van der Waals surface area contributed by atoms with Gasteiger partial charge in [-0.1, -0.05) is 37.6 Å². The summed E-state index contributed by atoms with van der Waals surface area (Å²) in [5, 5.41) is 2.56. The molecular formula is C29H36F3NO5P+. The second-order valence-corrected chi connectivity index (χ2v) is 11.2.